The minimum Gasteiger partial charge on any atom is -0.336 e. The lowest BCUT2D eigenvalue weighted by Crippen LogP contribution is -2.62. The number of carbonyl (C=O) groups is 1. The SMILES string of the molecule is CNC(C)C[C@H]1C(=O)N(C(C)C)[C@@H]1C. The molecule has 3 atom stereocenters. The van der Waals surface area contributed by atoms with Crippen molar-refractivity contribution in [3.05, 3.63) is 0 Å². The molecule has 0 aromatic carbocycles. The molecule has 1 saturated heterocycles. The van der Waals surface area contributed by atoms with E-state index in [0.717, 1.165) is 6.42 Å². The van der Waals surface area contributed by atoms with Gasteiger partial charge in [0.1, 0.15) is 0 Å². The molecule has 0 spiro atoms. The van der Waals surface area contributed by atoms with E-state index in [2.05, 4.69) is 33.0 Å². The summed E-state index contributed by atoms with van der Waals surface area (Å²) in [4.78, 5) is 13.7. The van der Waals surface area contributed by atoms with Crippen LogP contribution >= 0.6 is 0 Å². The van der Waals surface area contributed by atoms with Crippen LogP contribution in [0.4, 0.5) is 0 Å². The standard InChI is InChI=1S/C11H22N2O/c1-7(2)13-9(4)10(11(13)14)6-8(3)12-5/h7-10,12H,6H2,1-5H3/t8?,9-,10-/m1/s1. The zero-order chi connectivity index (χ0) is 10.9. The fourth-order valence-corrected chi connectivity index (χ4v) is 2.23. The van der Waals surface area contributed by atoms with Gasteiger partial charge in [-0.2, -0.15) is 0 Å². The maximum atomic E-state index is 11.8. The second-order valence-corrected chi connectivity index (χ2v) is 4.61. The first kappa shape index (κ1) is 11.5. The van der Waals surface area contributed by atoms with Crippen LogP contribution in [0.1, 0.15) is 34.1 Å². The Bertz CT molecular complexity index is 215. The number of hydrogen-bond acceptors (Lipinski definition) is 2. The van der Waals surface area contributed by atoms with Gasteiger partial charge in [0, 0.05) is 18.1 Å². The van der Waals surface area contributed by atoms with Gasteiger partial charge in [0.25, 0.3) is 0 Å². The first-order chi connectivity index (χ1) is 6.49. The van der Waals surface area contributed by atoms with Crippen LogP contribution in [-0.4, -0.2) is 36.0 Å². The molecular weight excluding hydrogens is 176 g/mol. The van der Waals surface area contributed by atoms with Crippen LogP contribution in [0.3, 0.4) is 0 Å². The van der Waals surface area contributed by atoms with E-state index >= 15 is 0 Å². The van der Waals surface area contributed by atoms with E-state index in [-0.39, 0.29) is 5.92 Å². The second-order valence-electron chi connectivity index (χ2n) is 4.61. The third-order valence-corrected chi connectivity index (χ3v) is 3.25. The van der Waals surface area contributed by atoms with Gasteiger partial charge in [-0.25, -0.2) is 0 Å². The Morgan fingerprint density at radius 1 is 1.43 bits per heavy atom. The molecule has 1 rings (SSSR count). The first-order valence-electron chi connectivity index (χ1n) is 5.48. The second kappa shape index (κ2) is 4.30. The summed E-state index contributed by atoms with van der Waals surface area (Å²) in [5, 5.41) is 3.18. The molecule has 82 valence electrons. The molecule has 1 unspecified atom stereocenters. The molecule has 0 bridgehead atoms. The fraction of sp³-hybridized carbons (Fsp3) is 0.909. The van der Waals surface area contributed by atoms with Gasteiger partial charge in [-0.1, -0.05) is 0 Å². The van der Waals surface area contributed by atoms with Crippen molar-refractivity contribution in [2.45, 2.75) is 52.2 Å². The third kappa shape index (κ3) is 1.92. The Kier molecular flexibility index (Phi) is 3.53. The van der Waals surface area contributed by atoms with Gasteiger partial charge in [-0.3, -0.25) is 4.79 Å². The highest BCUT2D eigenvalue weighted by atomic mass is 16.2. The lowest BCUT2D eigenvalue weighted by Gasteiger charge is -2.48. The van der Waals surface area contributed by atoms with Crippen LogP contribution < -0.4 is 5.32 Å². The van der Waals surface area contributed by atoms with Crippen molar-refractivity contribution in [3.8, 4) is 0 Å². The summed E-state index contributed by atoms with van der Waals surface area (Å²) in [6, 6.07) is 1.19. The van der Waals surface area contributed by atoms with Crippen molar-refractivity contribution in [2.24, 2.45) is 5.92 Å². The number of likely N-dealkylation sites (tertiary alicyclic amines) is 1. The first-order valence-corrected chi connectivity index (χ1v) is 5.48. The maximum Gasteiger partial charge on any atom is 0.228 e. The van der Waals surface area contributed by atoms with E-state index < -0.39 is 0 Å². The Labute approximate surface area is 86.9 Å². The molecule has 1 aliphatic heterocycles. The molecule has 1 amide bonds. The summed E-state index contributed by atoms with van der Waals surface area (Å²) in [7, 11) is 1.94. The van der Waals surface area contributed by atoms with Gasteiger partial charge in [-0.15, -0.1) is 0 Å². The largest absolute Gasteiger partial charge is 0.336 e. The van der Waals surface area contributed by atoms with Gasteiger partial charge in [0.2, 0.25) is 5.91 Å². The summed E-state index contributed by atoms with van der Waals surface area (Å²) in [5.41, 5.74) is 0. The topological polar surface area (TPSA) is 32.3 Å². The number of β-lactam (4-membered cyclic amide) rings is 1. The Morgan fingerprint density at radius 3 is 2.36 bits per heavy atom. The summed E-state index contributed by atoms with van der Waals surface area (Å²) in [6.07, 6.45) is 0.958. The summed E-state index contributed by atoms with van der Waals surface area (Å²) < 4.78 is 0. The molecule has 0 radical (unpaired) electrons. The molecule has 0 aromatic heterocycles. The van der Waals surface area contributed by atoms with Crippen molar-refractivity contribution < 1.29 is 4.79 Å². The Morgan fingerprint density at radius 2 is 2.00 bits per heavy atom. The maximum absolute atomic E-state index is 11.8. The van der Waals surface area contributed by atoms with E-state index in [9.17, 15) is 4.79 Å². The number of hydrogen-bond donors (Lipinski definition) is 1. The average Bonchev–Trinajstić information content (AvgIpc) is 2.13. The minimum atomic E-state index is 0.236. The van der Waals surface area contributed by atoms with Crippen LogP contribution in [0.15, 0.2) is 0 Å². The van der Waals surface area contributed by atoms with Gasteiger partial charge >= 0.3 is 0 Å². The monoisotopic (exact) mass is 198 g/mol. The van der Waals surface area contributed by atoms with E-state index in [1.165, 1.54) is 0 Å². The summed E-state index contributed by atoms with van der Waals surface area (Å²) in [5.74, 6) is 0.564. The summed E-state index contributed by atoms with van der Waals surface area (Å²) in [6.45, 7) is 8.42. The van der Waals surface area contributed by atoms with Gasteiger partial charge in [0.15, 0.2) is 0 Å². The van der Waals surface area contributed by atoms with Crippen LogP contribution in [0.5, 0.6) is 0 Å². The van der Waals surface area contributed by atoms with E-state index in [1.807, 2.05) is 11.9 Å². The van der Waals surface area contributed by atoms with Gasteiger partial charge in [0.05, 0.1) is 5.92 Å². The molecule has 1 N–H and O–H groups in total. The van der Waals surface area contributed by atoms with Crippen LogP contribution in [-0.2, 0) is 4.79 Å². The van der Waals surface area contributed by atoms with Crippen LogP contribution in [0.2, 0.25) is 0 Å². The highest BCUT2D eigenvalue weighted by Crippen LogP contribution is 2.31. The smallest absolute Gasteiger partial charge is 0.228 e. The Balaban J connectivity index is 2.49. The number of nitrogens with one attached hydrogen (secondary N) is 1. The van der Waals surface area contributed by atoms with Gasteiger partial charge < -0.3 is 10.2 Å². The van der Waals surface area contributed by atoms with E-state index in [0.29, 0.717) is 24.0 Å². The number of carbonyl (C=O) groups excluding carboxylic acids is 1. The molecule has 1 heterocycles. The lowest BCUT2D eigenvalue weighted by molar-refractivity contribution is -0.159. The van der Waals surface area contributed by atoms with E-state index in [4.69, 9.17) is 0 Å². The quantitative estimate of drug-likeness (QED) is 0.689. The van der Waals surface area contributed by atoms with E-state index in [1.54, 1.807) is 0 Å². The summed E-state index contributed by atoms with van der Waals surface area (Å²) >= 11 is 0. The molecule has 1 fully saturated rings. The predicted octanol–water partition coefficient (Wildman–Crippen LogP) is 1.24. The van der Waals surface area contributed by atoms with Gasteiger partial charge in [-0.05, 0) is 41.2 Å². The number of nitrogens with zero attached hydrogens (tertiary/aromatic N) is 1. The predicted molar refractivity (Wildman–Crippen MR) is 58.1 cm³/mol. The lowest BCUT2D eigenvalue weighted by atomic mass is 9.82. The van der Waals surface area contributed by atoms with Crippen molar-refractivity contribution in [2.75, 3.05) is 7.05 Å². The Hall–Kier alpha value is -0.570. The zero-order valence-electron chi connectivity index (χ0n) is 9.87. The van der Waals surface area contributed by atoms with Crippen molar-refractivity contribution in [1.29, 1.82) is 0 Å². The molecule has 0 aliphatic carbocycles. The number of rotatable bonds is 4. The normalized spacial score (nSPS) is 29.3. The molecule has 3 nitrogen and oxygen atoms in total. The fourth-order valence-electron chi connectivity index (χ4n) is 2.23. The molecule has 14 heavy (non-hydrogen) atoms. The molecular formula is C11H22N2O. The van der Waals surface area contributed by atoms with Crippen molar-refractivity contribution in [3.63, 3.8) is 0 Å². The average molecular weight is 198 g/mol. The molecule has 0 aromatic rings. The molecule has 1 aliphatic rings. The highest BCUT2D eigenvalue weighted by Gasteiger charge is 2.45. The third-order valence-electron chi connectivity index (χ3n) is 3.25. The van der Waals surface area contributed by atoms with Crippen LogP contribution in [0.25, 0.3) is 0 Å². The number of amides is 1. The highest BCUT2D eigenvalue weighted by molar-refractivity contribution is 5.86. The minimum absolute atomic E-state index is 0.236. The molecule has 0 saturated carbocycles. The van der Waals surface area contributed by atoms with Crippen LogP contribution in [0, 0.1) is 5.92 Å². The van der Waals surface area contributed by atoms with Crippen molar-refractivity contribution in [1.82, 2.24) is 10.2 Å². The zero-order valence-corrected chi connectivity index (χ0v) is 9.87. The van der Waals surface area contributed by atoms with Crippen molar-refractivity contribution >= 4 is 5.91 Å². The molecule has 3 heteroatoms.